The van der Waals surface area contributed by atoms with Crippen LogP contribution in [0.25, 0.3) is 6.08 Å². The summed E-state index contributed by atoms with van der Waals surface area (Å²) in [5, 5.41) is 8.96. The Kier molecular flexibility index (Phi) is 6.48. The van der Waals surface area contributed by atoms with Crippen molar-refractivity contribution in [2.24, 2.45) is 0 Å². The fourth-order valence-electron chi connectivity index (χ4n) is 1.47. The molecule has 5 heteroatoms. The minimum Gasteiger partial charge on any atom is -0.493 e. The summed E-state index contributed by atoms with van der Waals surface area (Å²) in [6.07, 6.45) is 3.06. The number of aliphatic carboxylic acids is 1. The van der Waals surface area contributed by atoms with Gasteiger partial charge in [-0.2, -0.15) is 0 Å². The van der Waals surface area contributed by atoms with E-state index in [1.54, 1.807) is 19.1 Å². The van der Waals surface area contributed by atoms with Crippen molar-refractivity contribution in [2.45, 2.75) is 13.3 Å². The zero-order valence-electron chi connectivity index (χ0n) is 11.3. The van der Waals surface area contributed by atoms with Gasteiger partial charge in [-0.15, -0.1) is 11.8 Å². The second-order valence-corrected chi connectivity index (χ2v) is 4.14. The van der Waals surface area contributed by atoms with E-state index in [1.807, 2.05) is 0 Å². The maximum absolute atomic E-state index is 10.5. The molecule has 0 unspecified atom stereocenters. The number of benzene rings is 1. The van der Waals surface area contributed by atoms with E-state index in [4.69, 9.17) is 26.2 Å². The van der Waals surface area contributed by atoms with Crippen LogP contribution in [0.1, 0.15) is 18.9 Å². The topological polar surface area (TPSA) is 55.8 Å². The predicted octanol–water partition coefficient (Wildman–Crippen LogP) is 3.24. The second kappa shape index (κ2) is 8.13. The number of hydrogen-bond donors (Lipinski definition) is 1. The van der Waals surface area contributed by atoms with Crippen molar-refractivity contribution in [3.63, 3.8) is 0 Å². The van der Waals surface area contributed by atoms with Crippen LogP contribution in [-0.2, 0) is 4.79 Å². The summed E-state index contributed by atoms with van der Waals surface area (Å²) in [7, 11) is 1.50. The first-order chi connectivity index (χ1) is 9.58. The maximum Gasteiger partial charge on any atom is 0.328 e. The molecular formula is C15H15ClO4. The molecule has 0 aliphatic heterocycles. The predicted molar refractivity (Wildman–Crippen MR) is 78.2 cm³/mol. The standard InChI is InChI=1S/C15H15ClO4/c1-3-4-5-8-20-15-12(16)9-11(6-7-14(17)18)10-13(15)19-2/h6-7,9-10H,5,8H2,1-2H3,(H,17,18)/b7-6+. The molecule has 0 heterocycles. The molecule has 4 nitrogen and oxygen atoms in total. The molecule has 0 aliphatic carbocycles. The highest BCUT2D eigenvalue weighted by atomic mass is 35.5. The number of hydrogen-bond acceptors (Lipinski definition) is 3. The van der Waals surface area contributed by atoms with Crippen LogP contribution in [0.5, 0.6) is 11.5 Å². The molecule has 0 aliphatic rings. The quantitative estimate of drug-likeness (QED) is 0.497. The number of ether oxygens (including phenoxy) is 2. The molecule has 0 aromatic heterocycles. The van der Waals surface area contributed by atoms with Gasteiger partial charge in [0.05, 0.1) is 18.7 Å². The minimum atomic E-state index is -1.03. The van der Waals surface area contributed by atoms with E-state index in [0.29, 0.717) is 35.1 Å². The summed E-state index contributed by atoms with van der Waals surface area (Å²) in [6, 6.07) is 3.27. The third kappa shape index (κ3) is 4.87. The summed E-state index contributed by atoms with van der Waals surface area (Å²) in [5.41, 5.74) is 0.620. The van der Waals surface area contributed by atoms with Crippen LogP contribution >= 0.6 is 11.6 Å². The number of carbonyl (C=O) groups is 1. The van der Waals surface area contributed by atoms with Gasteiger partial charge in [-0.3, -0.25) is 0 Å². The Labute approximate surface area is 123 Å². The van der Waals surface area contributed by atoms with Crippen LogP contribution in [0.3, 0.4) is 0 Å². The zero-order chi connectivity index (χ0) is 15.0. The molecule has 0 fully saturated rings. The average molecular weight is 295 g/mol. The second-order valence-electron chi connectivity index (χ2n) is 3.73. The van der Waals surface area contributed by atoms with E-state index in [2.05, 4.69) is 11.8 Å². The highest BCUT2D eigenvalue weighted by Gasteiger charge is 2.11. The van der Waals surface area contributed by atoms with Crippen LogP contribution < -0.4 is 9.47 Å². The highest BCUT2D eigenvalue weighted by Crippen LogP contribution is 2.36. The molecule has 1 N–H and O–H groups in total. The Morgan fingerprint density at radius 2 is 2.25 bits per heavy atom. The normalized spacial score (nSPS) is 9.95. The van der Waals surface area contributed by atoms with Crippen molar-refractivity contribution in [1.29, 1.82) is 0 Å². The molecule has 0 bridgehead atoms. The Hall–Kier alpha value is -2.12. The van der Waals surface area contributed by atoms with Crippen LogP contribution in [0.2, 0.25) is 5.02 Å². The van der Waals surface area contributed by atoms with Gasteiger partial charge in [-0.05, 0) is 30.7 Å². The third-order valence-electron chi connectivity index (χ3n) is 2.32. The van der Waals surface area contributed by atoms with Gasteiger partial charge < -0.3 is 14.6 Å². The molecule has 1 aromatic rings. The smallest absolute Gasteiger partial charge is 0.328 e. The number of methoxy groups -OCH3 is 1. The molecular weight excluding hydrogens is 280 g/mol. The van der Waals surface area contributed by atoms with E-state index in [-0.39, 0.29) is 0 Å². The minimum absolute atomic E-state index is 0.360. The number of halogens is 1. The van der Waals surface area contributed by atoms with Gasteiger partial charge in [-0.25, -0.2) is 4.79 Å². The lowest BCUT2D eigenvalue weighted by Crippen LogP contribution is -1.99. The molecule has 0 saturated heterocycles. The number of rotatable bonds is 6. The van der Waals surface area contributed by atoms with Gasteiger partial charge in [0.2, 0.25) is 0 Å². The van der Waals surface area contributed by atoms with Crippen molar-refractivity contribution in [3.8, 4) is 23.3 Å². The first-order valence-electron chi connectivity index (χ1n) is 5.89. The van der Waals surface area contributed by atoms with Gasteiger partial charge in [0.1, 0.15) is 0 Å². The van der Waals surface area contributed by atoms with Crippen LogP contribution in [0, 0.1) is 11.8 Å². The Morgan fingerprint density at radius 3 is 2.85 bits per heavy atom. The lowest BCUT2D eigenvalue weighted by molar-refractivity contribution is -0.131. The van der Waals surface area contributed by atoms with Crippen molar-refractivity contribution in [2.75, 3.05) is 13.7 Å². The monoisotopic (exact) mass is 294 g/mol. The Bertz CT molecular complexity index is 567. The summed E-state index contributed by atoms with van der Waals surface area (Å²) in [5.74, 6) is 5.51. The van der Waals surface area contributed by atoms with Gasteiger partial charge >= 0.3 is 5.97 Å². The van der Waals surface area contributed by atoms with Crippen LogP contribution in [0.4, 0.5) is 0 Å². The van der Waals surface area contributed by atoms with E-state index in [0.717, 1.165) is 6.08 Å². The maximum atomic E-state index is 10.5. The largest absolute Gasteiger partial charge is 0.493 e. The fraction of sp³-hybridized carbons (Fsp3) is 0.267. The van der Waals surface area contributed by atoms with E-state index < -0.39 is 5.97 Å². The van der Waals surface area contributed by atoms with Gasteiger partial charge in [0.15, 0.2) is 11.5 Å². The van der Waals surface area contributed by atoms with Gasteiger partial charge in [0, 0.05) is 12.5 Å². The molecule has 0 amide bonds. The summed E-state index contributed by atoms with van der Waals surface area (Å²) >= 11 is 6.12. The van der Waals surface area contributed by atoms with Crippen molar-refractivity contribution in [1.82, 2.24) is 0 Å². The third-order valence-corrected chi connectivity index (χ3v) is 2.60. The average Bonchev–Trinajstić information content (AvgIpc) is 2.42. The lowest BCUT2D eigenvalue weighted by atomic mass is 10.2. The summed E-state index contributed by atoms with van der Waals surface area (Å²) < 4.78 is 10.7. The molecule has 0 atom stereocenters. The SMILES string of the molecule is CC#CCCOc1c(Cl)cc(/C=C/C(=O)O)cc1OC. The lowest BCUT2D eigenvalue weighted by Gasteiger charge is -2.12. The van der Waals surface area contributed by atoms with Crippen LogP contribution in [-0.4, -0.2) is 24.8 Å². The molecule has 0 spiro atoms. The molecule has 106 valence electrons. The fourth-order valence-corrected chi connectivity index (χ4v) is 1.75. The van der Waals surface area contributed by atoms with Gasteiger partial charge in [-0.1, -0.05) is 11.6 Å². The summed E-state index contributed by atoms with van der Waals surface area (Å²) in [6.45, 7) is 2.17. The molecule has 1 rings (SSSR count). The first kappa shape index (κ1) is 15.9. The zero-order valence-corrected chi connectivity index (χ0v) is 12.0. The van der Waals surface area contributed by atoms with Crippen molar-refractivity contribution < 1.29 is 19.4 Å². The summed E-state index contributed by atoms with van der Waals surface area (Å²) in [4.78, 5) is 10.5. The van der Waals surface area contributed by atoms with Crippen molar-refractivity contribution in [3.05, 3.63) is 28.8 Å². The number of carboxylic acids is 1. The highest BCUT2D eigenvalue weighted by molar-refractivity contribution is 6.32. The molecule has 1 aromatic carbocycles. The first-order valence-corrected chi connectivity index (χ1v) is 6.27. The Balaban J connectivity index is 2.94. The molecule has 20 heavy (non-hydrogen) atoms. The van der Waals surface area contributed by atoms with E-state index >= 15 is 0 Å². The molecule has 0 radical (unpaired) electrons. The van der Waals surface area contributed by atoms with Crippen molar-refractivity contribution >= 4 is 23.6 Å². The Morgan fingerprint density at radius 1 is 1.50 bits per heavy atom. The van der Waals surface area contributed by atoms with E-state index in [1.165, 1.54) is 13.2 Å². The van der Waals surface area contributed by atoms with E-state index in [9.17, 15) is 4.79 Å². The number of carboxylic acid groups (broad SMARTS) is 1. The van der Waals surface area contributed by atoms with Crippen LogP contribution in [0.15, 0.2) is 18.2 Å². The molecule has 0 saturated carbocycles. The van der Waals surface area contributed by atoms with Gasteiger partial charge in [0.25, 0.3) is 0 Å².